The summed E-state index contributed by atoms with van der Waals surface area (Å²) in [6.45, 7) is 4.06. The van der Waals surface area contributed by atoms with Crippen LogP contribution in [0.5, 0.6) is 5.75 Å². The second kappa shape index (κ2) is 7.56. The van der Waals surface area contributed by atoms with Crippen LogP contribution in [-0.2, 0) is 6.42 Å². The van der Waals surface area contributed by atoms with Crippen molar-refractivity contribution in [3.8, 4) is 28.0 Å². The van der Waals surface area contributed by atoms with E-state index in [4.69, 9.17) is 4.74 Å². The van der Waals surface area contributed by atoms with E-state index in [0.29, 0.717) is 18.7 Å². The number of hydrogen-bond acceptors (Lipinski definition) is 4. The maximum atomic E-state index is 6.20. The molecule has 2 unspecified atom stereocenters. The van der Waals surface area contributed by atoms with Crippen LogP contribution in [0.15, 0.2) is 48.8 Å². The van der Waals surface area contributed by atoms with E-state index in [1.165, 1.54) is 40.8 Å². The quantitative estimate of drug-likeness (QED) is 0.704. The average molecular weight is 389 g/mol. The average Bonchev–Trinajstić information content (AvgIpc) is 3.22. The summed E-state index contributed by atoms with van der Waals surface area (Å²) in [6.07, 6.45) is 7.07. The van der Waals surface area contributed by atoms with Crippen molar-refractivity contribution in [2.75, 3.05) is 25.1 Å². The van der Waals surface area contributed by atoms with E-state index in [-0.39, 0.29) is 0 Å². The van der Waals surface area contributed by atoms with Crippen molar-refractivity contribution in [2.45, 2.75) is 38.3 Å². The highest BCUT2D eigenvalue weighted by molar-refractivity contribution is 5.79. The Kier molecular flexibility index (Phi) is 4.76. The largest absolute Gasteiger partial charge is 0.493 e. The van der Waals surface area contributed by atoms with Crippen molar-refractivity contribution < 1.29 is 4.74 Å². The second-order valence-electron chi connectivity index (χ2n) is 8.28. The van der Waals surface area contributed by atoms with E-state index < -0.39 is 0 Å². The molecule has 2 N–H and O–H groups in total. The van der Waals surface area contributed by atoms with Gasteiger partial charge in [-0.25, -0.2) is 0 Å². The number of aromatic nitrogens is 2. The maximum Gasteiger partial charge on any atom is 0.129 e. The molecule has 0 saturated carbocycles. The molecule has 1 saturated heterocycles. The molecule has 0 bridgehead atoms. The fraction of sp³-hybridized carbons (Fsp3) is 0.375. The molecule has 1 aromatic heterocycles. The first-order valence-corrected chi connectivity index (χ1v) is 10.5. The van der Waals surface area contributed by atoms with E-state index in [1.807, 2.05) is 12.4 Å². The molecule has 3 aromatic rings. The normalized spacial score (nSPS) is 20.9. The minimum absolute atomic E-state index is 0.569. The number of anilines is 1. The number of fused-ring (bicyclic) bond motifs is 3. The van der Waals surface area contributed by atoms with Crippen LogP contribution in [-0.4, -0.2) is 42.5 Å². The Morgan fingerprint density at radius 1 is 1.10 bits per heavy atom. The summed E-state index contributed by atoms with van der Waals surface area (Å²) >= 11 is 0. The van der Waals surface area contributed by atoms with Crippen molar-refractivity contribution in [1.29, 1.82) is 0 Å². The van der Waals surface area contributed by atoms with Gasteiger partial charge in [0.15, 0.2) is 0 Å². The van der Waals surface area contributed by atoms with Gasteiger partial charge in [0.1, 0.15) is 5.75 Å². The number of aromatic amines is 1. The Morgan fingerprint density at radius 2 is 2.00 bits per heavy atom. The number of rotatable bonds is 3. The van der Waals surface area contributed by atoms with Crippen LogP contribution in [0, 0.1) is 0 Å². The molecule has 3 heterocycles. The Morgan fingerprint density at radius 3 is 2.83 bits per heavy atom. The van der Waals surface area contributed by atoms with Gasteiger partial charge in [-0.3, -0.25) is 5.10 Å². The third-order valence-corrected chi connectivity index (χ3v) is 6.37. The van der Waals surface area contributed by atoms with Crippen LogP contribution >= 0.6 is 0 Å². The minimum Gasteiger partial charge on any atom is -0.493 e. The Balaban J connectivity index is 1.47. The van der Waals surface area contributed by atoms with Crippen molar-refractivity contribution >= 4 is 5.69 Å². The smallest absolute Gasteiger partial charge is 0.129 e. The van der Waals surface area contributed by atoms with E-state index in [1.54, 1.807) is 0 Å². The molecule has 5 rings (SSSR count). The number of nitrogens with zero attached hydrogens (tertiary/aromatic N) is 2. The maximum absolute atomic E-state index is 6.20. The molecule has 2 aliphatic rings. The first-order chi connectivity index (χ1) is 14.2. The molecular formula is C24H28N4O. The van der Waals surface area contributed by atoms with Crippen molar-refractivity contribution in [3.05, 3.63) is 54.4 Å². The fourth-order valence-electron chi connectivity index (χ4n) is 4.66. The van der Waals surface area contributed by atoms with Gasteiger partial charge in [-0.15, -0.1) is 0 Å². The molecule has 150 valence electrons. The predicted octanol–water partition coefficient (Wildman–Crippen LogP) is 4.26. The third kappa shape index (κ3) is 3.51. The van der Waals surface area contributed by atoms with Gasteiger partial charge in [0.25, 0.3) is 0 Å². The van der Waals surface area contributed by atoms with E-state index in [2.05, 4.69) is 70.8 Å². The molecule has 0 aliphatic carbocycles. The summed E-state index contributed by atoms with van der Waals surface area (Å²) in [5, 5.41) is 10.5. The fourth-order valence-corrected chi connectivity index (χ4v) is 4.66. The van der Waals surface area contributed by atoms with Crippen molar-refractivity contribution in [1.82, 2.24) is 15.5 Å². The van der Waals surface area contributed by atoms with Gasteiger partial charge in [0, 0.05) is 54.6 Å². The molecule has 2 aromatic carbocycles. The highest BCUT2D eigenvalue weighted by atomic mass is 16.5. The number of ether oxygens (including phenoxy) is 1. The summed E-state index contributed by atoms with van der Waals surface area (Å²) in [5.74, 6) is 0.992. The van der Waals surface area contributed by atoms with Crippen LogP contribution in [0.2, 0.25) is 0 Å². The SMILES string of the molecule is CC1CC(N(C)c2ccc3c(c2)OCCc2cc(-c4cn[nH]c4)ccc2-3)CCN1. The summed E-state index contributed by atoms with van der Waals surface area (Å²) in [4.78, 5) is 2.43. The molecule has 0 amide bonds. The number of benzene rings is 2. The summed E-state index contributed by atoms with van der Waals surface area (Å²) < 4.78 is 6.20. The highest BCUT2D eigenvalue weighted by Gasteiger charge is 2.24. The zero-order valence-electron chi connectivity index (χ0n) is 17.1. The lowest BCUT2D eigenvalue weighted by molar-refractivity contribution is 0.326. The molecule has 5 heteroatoms. The molecule has 1 fully saturated rings. The van der Waals surface area contributed by atoms with Gasteiger partial charge in [-0.1, -0.05) is 18.2 Å². The highest BCUT2D eigenvalue weighted by Crippen LogP contribution is 2.39. The summed E-state index contributed by atoms with van der Waals surface area (Å²) in [6, 6.07) is 14.5. The first kappa shape index (κ1) is 18.3. The molecule has 2 atom stereocenters. The van der Waals surface area contributed by atoms with Crippen LogP contribution < -0.4 is 15.0 Å². The van der Waals surface area contributed by atoms with Crippen LogP contribution in [0.3, 0.4) is 0 Å². The van der Waals surface area contributed by atoms with Crippen molar-refractivity contribution in [3.63, 3.8) is 0 Å². The van der Waals surface area contributed by atoms with Gasteiger partial charge < -0.3 is 15.0 Å². The Labute approximate surface area is 172 Å². The van der Waals surface area contributed by atoms with E-state index in [9.17, 15) is 0 Å². The van der Waals surface area contributed by atoms with Crippen LogP contribution in [0.25, 0.3) is 22.3 Å². The lowest BCUT2D eigenvalue weighted by Gasteiger charge is -2.36. The summed E-state index contributed by atoms with van der Waals surface area (Å²) in [5.41, 5.74) is 7.34. The topological polar surface area (TPSA) is 53.2 Å². The predicted molar refractivity (Wildman–Crippen MR) is 118 cm³/mol. The van der Waals surface area contributed by atoms with Gasteiger partial charge in [0.05, 0.1) is 12.8 Å². The van der Waals surface area contributed by atoms with Crippen molar-refractivity contribution in [2.24, 2.45) is 0 Å². The molecule has 29 heavy (non-hydrogen) atoms. The number of piperidine rings is 1. The van der Waals surface area contributed by atoms with E-state index in [0.717, 1.165) is 24.3 Å². The summed E-state index contributed by atoms with van der Waals surface area (Å²) in [7, 11) is 2.21. The van der Waals surface area contributed by atoms with Gasteiger partial charge in [-0.05, 0) is 55.1 Å². The Hall–Kier alpha value is -2.79. The van der Waals surface area contributed by atoms with E-state index >= 15 is 0 Å². The van der Waals surface area contributed by atoms with Gasteiger partial charge >= 0.3 is 0 Å². The first-order valence-electron chi connectivity index (χ1n) is 10.5. The lowest BCUT2D eigenvalue weighted by atomic mass is 9.94. The number of nitrogens with one attached hydrogen (secondary N) is 2. The molecule has 0 spiro atoms. The zero-order chi connectivity index (χ0) is 19.8. The zero-order valence-corrected chi connectivity index (χ0v) is 17.1. The Bertz CT molecular complexity index is 998. The van der Waals surface area contributed by atoms with Crippen LogP contribution in [0.1, 0.15) is 25.3 Å². The molecular weight excluding hydrogens is 360 g/mol. The second-order valence-corrected chi connectivity index (χ2v) is 8.28. The third-order valence-electron chi connectivity index (χ3n) is 6.37. The van der Waals surface area contributed by atoms with Gasteiger partial charge in [-0.2, -0.15) is 5.10 Å². The standard InChI is InChI=1S/C24H28N4O/c1-16-11-21(7-9-25-16)28(2)20-4-6-23-22-5-3-17(19-14-26-27-15-19)12-18(22)8-10-29-24(23)13-20/h3-6,12-16,21,25H,7-11H2,1-2H3,(H,26,27). The number of hydrogen-bond donors (Lipinski definition) is 2. The molecule has 2 aliphatic heterocycles. The number of H-pyrrole nitrogens is 1. The monoisotopic (exact) mass is 388 g/mol. The van der Waals surface area contributed by atoms with Gasteiger partial charge in [0.2, 0.25) is 0 Å². The van der Waals surface area contributed by atoms with Crippen LogP contribution in [0.4, 0.5) is 5.69 Å². The molecule has 5 nitrogen and oxygen atoms in total. The molecule has 0 radical (unpaired) electrons. The minimum atomic E-state index is 0.569. The lowest BCUT2D eigenvalue weighted by Crippen LogP contribution is -2.45.